The Morgan fingerprint density at radius 1 is 1.31 bits per heavy atom. The Hall–Kier alpha value is -1.75. The van der Waals surface area contributed by atoms with Gasteiger partial charge in [0.15, 0.2) is 0 Å². The average Bonchev–Trinajstić information content (AvgIpc) is 2.75. The molecule has 1 aromatic heterocycles. The van der Waals surface area contributed by atoms with Crippen molar-refractivity contribution in [3.8, 4) is 11.4 Å². The first-order chi connectivity index (χ1) is 7.81. The van der Waals surface area contributed by atoms with Gasteiger partial charge in [-0.05, 0) is 24.7 Å². The van der Waals surface area contributed by atoms with Gasteiger partial charge in [0.2, 0.25) is 5.82 Å². The quantitative estimate of drug-likeness (QED) is 0.825. The molecule has 0 saturated carbocycles. The summed E-state index contributed by atoms with van der Waals surface area (Å²) in [6.45, 7) is 3.61. The molecular weight excluding hydrogens is 202 g/mol. The standard InChI is InChI=1S/C11H15N5/c1-9-5-3-4-6-10(9)11-13-15-16(14-11)8-7-12-2/h3-6,12H,7-8H2,1-2H3. The molecule has 0 aliphatic carbocycles. The van der Waals surface area contributed by atoms with E-state index in [1.165, 1.54) is 0 Å². The van der Waals surface area contributed by atoms with Crippen LogP contribution in [0.4, 0.5) is 0 Å². The number of hydrogen-bond donors (Lipinski definition) is 1. The normalized spacial score (nSPS) is 10.6. The van der Waals surface area contributed by atoms with Gasteiger partial charge in [0.1, 0.15) is 0 Å². The number of aryl methyl sites for hydroxylation is 1. The number of nitrogens with zero attached hydrogens (tertiary/aromatic N) is 4. The summed E-state index contributed by atoms with van der Waals surface area (Å²) in [6.07, 6.45) is 0. The molecular formula is C11H15N5. The molecule has 1 heterocycles. The van der Waals surface area contributed by atoms with Crippen LogP contribution >= 0.6 is 0 Å². The Morgan fingerprint density at radius 2 is 2.12 bits per heavy atom. The number of nitrogens with one attached hydrogen (secondary N) is 1. The van der Waals surface area contributed by atoms with Crippen molar-refractivity contribution < 1.29 is 0 Å². The molecule has 1 aromatic carbocycles. The van der Waals surface area contributed by atoms with E-state index < -0.39 is 0 Å². The van der Waals surface area contributed by atoms with Crippen molar-refractivity contribution in [1.82, 2.24) is 25.5 Å². The van der Waals surface area contributed by atoms with Gasteiger partial charge in [0.25, 0.3) is 0 Å². The first-order valence-electron chi connectivity index (χ1n) is 5.29. The van der Waals surface area contributed by atoms with E-state index in [0.717, 1.165) is 24.2 Å². The second-order valence-corrected chi connectivity index (χ2v) is 3.63. The molecule has 2 rings (SSSR count). The molecule has 84 valence electrons. The Morgan fingerprint density at radius 3 is 2.88 bits per heavy atom. The zero-order valence-electron chi connectivity index (χ0n) is 9.51. The average molecular weight is 217 g/mol. The lowest BCUT2D eigenvalue weighted by Crippen LogP contribution is -2.16. The SMILES string of the molecule is CNCCn1nnc(-c2ccccc2C)n1. The minimum Gasteiger partial charge on any atom is -0.318 e. The van der Waals surface area contributed by atoms with E-state index in [-0.39, 0.29) is 0 Å². The van der Waals surface area contributed by atoms with Gasteiger partial charge in [0.05, 0.1) is 6.54 Å². The Bertz CT molecular complexity index is 463. The van der Waals surface area contributed by atoms with Gasteiger partial charge in [0, 0.05) is 12.1 Å². The molecule has 0 bridgehead atoms. The first-order valence-corrected chi connectivity index (χ1v) is 5.29. The van der Waals surface area contributed by atoms with E-state index in [1.54, 1.807) is 4.80 Å². The summed E-state index contributed by atoms with van der Waals surface area (Å²) in [6, 6.07) is 8.04. The molecule has 0 amide bonds. The van der Waals surface area contributed by atoms with Crippen LogP contribution in [-0.2, 0) is 6.54 Å². The molecule has 2 aromatic rings. The topological polar surface area (TPSA) is 55.6 Å². The lowest BCUT2D eigenvalue weighted by atomic mass is 10.1. The van der Waals surface area contributed by atoms with Crippen molar-refractivity contribution in [1.29, 1.82) is 0 Å². The third-order valence-electron chi connectivity index (χ3n) is 2.40. The summed E-state index contributed by atoms with van der Waals surface area (Å²) in [5, 5.41) is 15.4. The minimum atomic E-state index is 0.689. The number of rotatable bonds is 4. The molecule has 5 heteroatoms. The van der Waals surface area contributed by atoms with Crippen molar-refractivity contribution in [2.75, 3.05) is 13.6 Å². The number of likely N-dealkylation sites (N-methyl/N-ethyl adjacent to an activating group) is 1. The lowest BCUT2D eigenvalue weighted by molar-refractivity contribution is 0.507. The van der Waals surface area contributed by atoms with E-state index in [2.05, 4.69) is 20.7 Å². The van der Waals surface area contributed by atoms with Crippen LogP contribution in [0.5, 0.6) is 0 Å². The largest absolute Gasteiger partial charge is 0.318 e. The van der Waals surface area contributed by atoms with Gasteiger partial charge in [-0.1, -0.05) is 24.3 Å². The zero-order chi connectivity index (χ0) is 11.4. The molecule has 5 nitrogen and oxygen atoms in total. The molecule has 0 radical (unpaired) electrons. The van der Waals surface area contributed by atoms with Gasteiger partial charge in [-0.25, -0.2) is 0 Å². The van der Waals surface area contributed by atoms with Crippen molar-refractivity contribution in [3.63, 3.8) is 0 Å². The molecule has 0 spiro atoms. The molecule has 16 heavy (non-hydrogen) atoms. The molecule has 0 atom stereocenters. The summed E-state index contributed by atoms with van der Waals surface area (Å²) in [5.41, 5.74) is 2.20. The smallest absolute Gasteiger partial charge is 0.205 e. The van der Waals surface area contributed by atoms with Crippen molar-refractivity contribution in [3.05, 3.63) is 29.8 Å². The summed E-state index contributed by atoms with van der Waals surface area (Å²) in [5.74, 6) is 0.689. The predicted molar refractivity (Wildman–Crippen MR) is 61.9 cm³/mol. The van der Waals surface area contributed by atoms with Crippen molar-refractivity contribution in [2.24, 2.45) is 0 Å². The fourth-order valence-electron chi connectivity index (χ4n) is 1.48. The maximum absolute atomic E-state index is 4.33. The van der Waals surface area contributed by atoms with Gasteiger partial charge in [-0.2, -0.15) is 4.80 Å². The highest BCUT2D eigenvalue weighted by Crippen LogP contribution is 2.17. The Balaban J connectivity index is 2.22. The van der Waals surface area contributed by atoms with E-state index in [0.29, 0.717) is 5.82 Å². The van der Waals surface area contributed by atoms with Crippen LogP contribution in [0.25, 0.3) is 11.4 Å². The Kier molecular flexibility index (Phi) is 3.26. The molecule has 0 fully saturated rings. The maximum Gasteiger partial charge on any atom is 0.205 e. The number of tetrazole rings is 1. The third kappa shape index (κ3) is 2.25. The molecule has 1 N–H and O–H groups in total. The van der Waals surface area contributed by atoms with Crippen LogP contribution < -0.4 is 5.32 Å². The fourth-order valence-corrected chi connectivity index (χ4v) is 1.48. The van der Waals surface area contributed by atoms with Gasteiger partial charge in [-0.15, -0.1) is 10.2 Å². The molecule has 0 saturated heterocycles. The van der Waals surface area contributed by atoms with Crippen LogP contribution in [0.15, 0.2) is 24.3 Å². The van der Waals surface area contributed by atoms with Crippen molar-refractivity contribution >= 4 is 0 Å². The third-order valence-corrected chi connectivity index (χ3v) is 2.40. The first kappa shape index (κ1) is 10.8. The summed E-state index contributed by atoms with van der Waals surface area (Å²) in [4.78, 5) is 1.61. The highest BCUT2D eigenvalue weighted by Gasteiger charge is 2.07. The fraction of sp³-hybridized carbons (Fsp3) is 0.364. The van der Waals surface area contributed by atoms with Crippen molar-refractivity contribution in [2.45, 2.75) is 13.5 Å². The number of aromatic nitrogens is 4. The second kappa shape index (κ2) is 4.85. The van der Waals surface area contributed by atoms with E-state index in [9.17, 15) is 0 Å². The van der Waals surface area contributed by atoms with E-state index in [1.807, 2.05) is 38.2 Å². The van der Waals surface area contributed by atoms with Gasteiger partial charge >= 0.3 is 0 Å². The molecule has 0 aliphatic rings. The highest BCUT2D eigenvalue weighted by atomic mass is 15.6. The molecule has 0 aliphatic heterocycles. The second-order valence-electron chi connectivity index (χ2n) is 3.63. The van der Waals surface area contributed by atoms with E-state index in [4.69, 9.17) is 0 Å². The number of benzene rings is 1. The predicted octanol–water partition coefficient (Wildman–Crippen LogP) is 0.868. The van der Waals surface area contributed by atoms with Crippen LogP contribution in [0, 0.1) is 6.92 Å². The number of hydrogen-bond acceptors (Lipinski definition) is 4. The van der Waals surface area contributed by atoms with Gasteiger partial charge < -0.3 is 5.32 Å². The van der Waals surface area contributed by atoms with Crippen LogP contribution in [0.1, 0.15) is 5.56 Å². The Labute approximate surface area is 94.5 Å². The van der Waals surface area contributed by atoms with Crippen LogP contribution in [0.3, 0.4) is 0 Å². The van der Waals surface area contributed by atoms with Gasteiger partial charge in [-0.3, -0.25) is 0 Å². The van der Waals surface area contributed by atoms with Crippen LogP contribution in [-0.4, -0.2) is 33.8 Å². The molecule has 0 unspecified atom stereocenters. The monoisotopic (exact) mass is 217 g/mol. The summed E-state index contributed by atoms with van der Waals surface area (Å²) < 4.78 is 0. The zero-order valence-corrected chi connectivity index (χ0v) is 9.51. The van der Waals surface area contributed by atoms with Crippen LogP contribution in [0.2, 0.25) is 0 Å². The minimum absolute atomic E-state index is 0.689. The maximum atomic E-state index is 4.33. The summed E-state index contributed by atoms with van der Waals surface area (Å²) in [7, 11) is 1.90. The lowest BCUT2D eigenvalue weighted by Gasteiger charge is -1.99. The highest BCUT2D eigenvalue weighted by molar-refractivity contribution is 5.58. The van der Waals surface area contributed by atoms with E-state index >= 15 is 0 Å². The summed E-state index contributed by atoms with van der Waals surface area (Å²) >= 11 is 0.